The lowest BCUT2D eigenvalue weighted by Gasteiger charge is -2.19. The third kappa shape index (κ3) is 5.36. The summed E-state index contributed by atoms with van der Waals surface area (Å²) < 4.78 is 11.3. The van der Waals surface area contributed by atoms with Crippen molar-refractivity contribution >= 4 is 23.0 Å². The van der Waals surface area contributed by atoms with E-state index in [0.717, 1.165) is 22.7 Å². The van der Waals surface area contributed by atoms with Crippen LogP contribution in [-0.2, 0) is 0 Å². The quantitative estimate of drug-likeness (QED) is 0.658. The minimum absolute atomic E-state index is 0.0384. The molecule has 4 nitrogen and oxygen atoms in total. The molecule has 2 N–H and O–H groups in total. The normalized spacial score (nSPS) is 11.6. The number of hydrogen-bond donors (Lipinski definition) is 2. The first-order valence-electron chi connectivity index (χ1n) is 8.98. The van der Waals surface area contributed by atoms with Gasteiger partial charge in [0, 0.05) is 5.69 Å². The van der Waals surface area contributed by atoms with E-state index >= 15 is 0 Å². The highest BCUT2D eigenvalue weighted by molar-refractivity contribution is 7.80. The van der Waals surface area contributed by atoms with E-state index in [0.29, 0.717) is 18.3 Å². The Labute approximate surface area is 161 Å². The molecule has 0 aliphatic rings. The first-order valence-corrected chi connectivity index (χ1v) is 9.39. The van der Waals surface area contributed by atoms with Crippen molar-refractivity contribution in [2.45, 2.75) is 40.7 Å². The molecular weight excluding hydrogens is 344 g/mol. The van der Waals surface area contributed by atoms with Crippen molar-refractivity contribution in [1.29, 1.82) is 0 Å². The zero-order chi connectivity index (χ0) is 19.1. The molecule has 2 aromatic carbocycles. The lowest BCUT2D eigenvalue weighted by Crippen LogP contribution is -2.30. The molecule has 0 heterocycles. The summed E-state index contributed by atoms with van der Waals surface area (Å²) in [5.41, 5.74) is 4.57. The van der Waals surface area contributed by atoms with E-state index in [4.69, 9.17) is 21.7 Å². The lowest BCUT2D eigenvalue weighted by molar-refractivity contribution is 0.287. The van der Waals surface area contributed by atoms with Crippen molar-refractivity contribution in [3.63, 3.8) is 0 Å². The summed E-state index contributed by atoms with van der Waals surface area (Å²) in [5, 5.41) is 7.16. The molecule has 0 spiro atoms. The topological polar surface area (TPSA) is 42.5 Å². The number of benzene rings is 2. The molecule has 0 amide bonds. The molecule has 2 aromatic rings. The van der Waals surface area contributed by atoms with Crippen molar-refractivity contribution in [1.82, 2.24) is 5.32 Å². The van der Waals surface area contributed by atoms with Gasteiger partial charge < -0.3 is 20.1 Å². The van der Waals surface area contributed by atoms with Crippen LogP contribution in [0.5, 0.6) is 11.5 Å². The standard InChI is InChI=1S/C21H28N2O2S/c1-6-24-19-11-9-17(13-20(19)25-7-2)16(5)22-21(26)23-18-10-8-14(3)15(4)12-18/h8-13,16H,6-7H2,1-5H3,(H2,22,23,26)/t16-/m1/s1. The van der Waals surface area contributed by atoms with Gasteiger partial charge in [0.2, 0.25) is 0 Å². The maximum atomic E-state index is 5.70. The van der Waals surface area contributed by atoms with Crippen LogP contribution in [0.2, 0.25) is 0 Å². The van der Waals surface area contributed by atoms with Gasteiger partial charge in [0.25, 0.3) is 0 Å². The van der Waals surface area contributed by atoms with Gasteiger partial charge in [-0.2, -0.15) is 0 Å². The summed E-state index contributed by atoms with van der Waals surface area (Å²) in [6.07, 6.45) is 0. The fraction of sp³-hybridized carbons (Fsp3) is 0.381. The fourth-order valence-electron chi connectivity index (χ4n) is 2.60. The highest BCUT2D eigenvalue weighted by Crippen LogP contribution is 2.30. The van der Waals surface area contributed by atoms with Crippen LogP contribution in [0, 0.1) is 13.8 Å². The van der Waals surface area contributed by atoms with Gasteiger partial charge in [-0.25, -0.2) is 0 Å². The van der Waals surface area contributed by atoms with Crippen LogP contribution in [0.15, 0.2) is 36.4 Å². The summed E-state index contributed by atoms with van der Waals surface area (Å²) in [5.74, 6) is 1.52. The van der Waals surface area contributed by atoms with Crippen LogP contribution >= 0.6 is 12.2 Å². The molecule has 0 fully saturated rings. The van der Waals surface area contributed by atoms with Crippen LogP contribution in [0.1, 0.15) is 43.5 Å². The smallest absolute Gasteiger partial charge is 0.171 e. The van der Waals surface area contributed by atoms with E-state index in [2.05, 4.69) is 43.5 Å². The zero-order valence-corrected chi connectivity index (χ0v) is 17.0. The highest BCUT2D eigenvalue weighted by Gasteiger charge is 2.12. The van der Waals surface area contributed by atoms with E-state index in [-0.39, 0.29) is 6.04 Å². The molecule has 0 aliphatic carbocycles. The maximum absolute atomic E-state index is 5.70. The maximum Gasteiger partial charge on any atom is 0.171 e. The van der Waals surface area contributed by atoms with Crippen LogP contribution in [-0.4, -0.2) is 18.3 Å². The molecule has 2 rings (SSSR count). The molecule has 0 saturated heterocycles. The van der Waals surface area contributed by atoms with Crippen LogP contribution in [0.4, 0.5) is 5.69 Å². The van der Waals surface area contributed by atoms with Crippen molar-refractivity contribution in [2.75, 3.05) is 18.5 Å². The summed E-state index contributed by atoms with van der Waals surface area (Å²) in [4.78, 5) is 0. The average molecular weight is 373 g/mol. The Morgan fingerprint density at radius 2 is 1.65 bits per heavy atom. The third-order valence-corrected chi connectivity index (χ3v) is 4.40. The second kappa shape index (κ2) is 9.43. The Morgan fingerprint density at radius 3 is 2.31 bits per heavy atom. The van der Waals surface area contributed by atoms with Gasteiger partial charge in [-0.1, -0.05) is 12.1 Å². The van der Waals surface area contributed by atoms with Crippen molar-refractivity contribution in [2.24, 2.45) is 0 Å². The molecular formula is C21H28N2O2S. The molecule has 0 unspecified atom stereocenters. The van der Waals surface area contributed by atoms with E-state index in [1.54, 1.807) is 0 Å². The van der Waals surface area contributed by atoms with E-state index in [1.165, 1.54) is 11.1 Å². The van der Waals surface area contributed by atoms with E-state index in [9.17, 15) is 0 Å². The van der Waals surface area contributed by atoms with Crippen LogP contribution in [0.25, 0.3) is 0 Å². The van der Waals surface area contributed by atoms with Gasteiger partial charge in [0.05, 0.1) is 19.3 Å². The number of hydrogen-bond acceptors (Lipinski definition) is 3. The van der Waals surface area contributed by atoms with Gasteiger partial charge in [0.1, 0.15) is 0 Å². The Bertz CT molecular complexity index is 762. The predicted octanol–water partition coefficient (Wildman–Crippen LogP) is 5.15. The number of ether oxygens (including phenoxy) is 2. The fourth-order valence-corrected chi connectivity index (χ4v) is 2.90. The number of thiocarbonyl (C=S) groups is 1. The summed E-state index contributed by atoms with van der Waals surface area (Å²) >= 11 is 5.46. The molecule has 0 aromatic heterocycles. The number of rotatable bonds is 7. The van der Waals surface area contributed by atoms with Gasteiger partial charge in [0.15, 0.2) is 16.6 Å². The van der Waals surface area contributed by atoms with Crippen molar-refractivity contribution in [3.8, 4) is 11.5 Å². The Balaban J connectivity index is 2.05. The lowest BCUT2D eigenvalue weighted by atomic mass is 10.1. The molecule has 0 radical (unpaired) electrons. The number of aryl methyl sites for hydroxylation is 2. The molecule has 26 heavy (non-hydrogen) atoms. The molecule has 0 bridgehead atoms. The monoisotopic (exact) mass is 372 g/mol. The molecule has 140 valence electrons. The zero-order valence-electron chi connectivity index (χ0n) is 16.2. The average Bonchev–Trinajstić information content (AvgIpc) is 2.60. The molecule has 0 saturated carbocycles. The second-order valence-electron chi connectivity index (χ2n) is 6.19. The highest BCUT2D eigenvalue weighted by atomic mass is 32.1. The Hall–Kier alpha value is -2.27. The number of anilines is 1. The van der Waals surface area contributed by atoms with Gasteiger partial charge in [-0.3, -0.25) is 0 Å². The predicted molar refractivity (Wildman–Crippen MR) is 112 cm³/mol. The molecule has 0 aliphatic heterocycles. The van der Waals surface area contributed by atoms with Gasteiger partial charge >= 0.3 is 0 Å². The van der Waals surface area contributed by atoms with E-state index in [1.807, 2.05) is 38.1 Å². The third-order valence-electron chi connectivity index (χ3n) is 4.18. The first-order chi connectivity index (χ1) is 12.4. The van der Waals surface area contributed by atoms with Gasteiger partial charge in [-0.15, -0.1) is 0 Å². The second-order valence-corrected chi connectivity index (χ2v) is 6.60. The van der Waals surface area contributed by atoms with Gasteiger partial charge in [-0.05, 0) is 87.8 Å². The van der Waals surface area contributed by atoms with E-state index < -0.39 is 0 Å². The Kier molecular flexibility index (Phi) is 7.27. The number of nitrogens with one attached hydrogen (secondary N) is 2. The minimum atomic E-state index is 0.0384. The van der Waals surface area contributed by atoms with Crippen molar-refractivity contribution in [3.05, 3.63) is 53.1 Å². The van der Waals surface area contributed by atoms with Crippen LogP contribution < -0.4 is 20.1 Å². The largest absolute Gasteiger partial charge is 0.490 e. The van der Waals surface area contributed by atoms with Crippen molar-refractivity contribution < 1.29 is 9.47 Å². The summed E-state index contributed by atoms with van der Waals surface area (Å²) in [6.45, 7) is 11.4. The summed E-state index contributed by atoms with van der Waals surface area (Å²) in [6, 6.07) is 12.2. The first kappa shape index (κ1) is 20.0. The van der Waals surface area contributed by atoms with Crippen LogP contribution in [0.3, 0.4) is 0 Å². The SMILES string of the molecule is CCOc1ccc([C@@H](C)NC(=S)Nc2ccc(C)c(C)c2)cc1OCC. The summed E-state index contributed by atoms with van der Waals surface area (Å²) in [7, 11) is 0. The minimum Gasteiger partial charge on any atom is -0.490 e. The Morgan fingerprint density at radius 1 is 0.962 bits per heavy atom. The molecule has 1 atom stereocenters. The molecule has 5 heteroatoms.